The summed E-state index contributed by atoms with van der Waals surface area (Å²) < 4.78 is 81.0. The molecule has 338 valence electrons. The van der Waals surface area contributed by atoms with Gasteiger partial charge in [0.2, 0.25) is 25.9 Å². The summed E-state index contributed by atoms with van der Waals surface area (Å²) in [5.41, 5.74) is 7.37. The molecule has 6 rings (SSSR count). The highest BCUT2D eigenvalue weighted by atomic mass is 32.2. The van der Waals surface area contributed by atoms with Crippen LogP contribution in [0.5, 0.6) is 17.2 Å². The van der Waals surface area contributed by atoms with Gasteiger partial charge in [-0.2, -0.15) is 9.10 Å². The third-order valence-corrected chi connectivity index (χ3v) is 13.7. The van der Waals surface area contributed by atoms with Gasteiger partial charge in [-0.25, -0.2) is 31.3 Å². The fourth-order valence-electron chi connectivity index (χ4n) is 7.12. The molecule has 18 nitrogen and oxygen atoms in total. The Morgan fingerprint density at radius 3 is 1.80 bits per heavy atom. The smallest absolute Gasteiger partial charge is 0.408 e. The number of hydrogen-bond acceptors (Lipinski definition) is 13. The van der Waals surface area contributed by atoms with E-state index in [2.05, 4.69) is 25.1 Å². The van der Waals surface area contributed by atoms with Crippen molar-refractivity contribution in [1.29, 1.82) is 0 Å². The number of hydrogen-bond donors (Lipinski definition) is 3. The second-order valence-corrected chi connectivity index (χ2v) is 19.4. The number of amides is 1. The number of rotatable bonds is 18. The number of anilines is 1. The zero-order valence-corrected chi connectivity index (χ0v) is 38.1. The van der Waals surface area contributed by atoms with Crippen molar-refractivity contribution in [2.24, 2.45) is 0 Å². The second-order valence-electron chi connectivity index (χ2n) is 15.8. The molecular formula is C44H51N9O9S2. The first kappa shape index (κ1) is 46.9. The largest absolute Gasteiger partial charge is 0.497 e. The number of carbonyl (C=O) groups is 1. The lowest BCUT2D eigenvalue weighted by atomic mass is 10.0. The first-order valence-electron chi connectivity index (χ1n) is 19.9. The maximum Gasteiger partial charge on any atom is 0.408 e. The van der Waals surface area contributed by atoms with Gasteiger partial charge in [-0.15, -0.1) is 10.2 Å². The molecule has 0 unspecified atom stereocenters. The number of pyridine rings is 1. The van der Waals surface area contributed by atoms with E-state index in [9.17, 15) is 18.3 Å². The number of tetrazole rings is 1. The van der Waals surface area contributed by atoms with Gasteiger partial charge < -0.3 is 25.1 Å². The average Bonchev–Trinajstić information content (AvgIpc) is 3.73. The van der Waals surface area contributed by atoms with Crippen molar-refractivity contribution in [1.82, 2.24) is 39.1 Å². The number of ether oxygens (including phenoxy) is 3. The van der Waals surface area contributed by atoms with Gasteiger partial charge >= 0.3 is 6.09 Å². The number of nitrogen functional groups attached to an aromatic ring is 1. The van der Waals surface area contributed by atoms with E-state index in [1.54, 1.807) is 102 Å². The van der Waals surface area contributed by atoms with Crippen molar-refractivity contribution in [3.05, 3.63) is 120 Å². The quantitative estimate of drug-likeness (QED) is 0.0912. The van der Waals surface area contributed by atoms with Crippen molar-refractivity contribution in [3.8, 4) is 39.8 Å². The summed E-state index contributed by atoms with van der Waals surface area (Å²) in [6, 6.07) is 25.7. The summed E-state index contributed by atoms with van der Waals surface area (Å²) in [7, 11) is -5.15. The topological polar surface area (TPSA) is 234 Å². The Morgan fingerprint density at radius 1 is 0.797 bits per heavy atom. The first-order chi connectivity index (χ1) is 30.3. The summed E-state index contributed by atoms with van der Waals surface area (Å²) in [5, 5.41) is 23.4. The molecule has 4 aromatic carbocycles. The molecule has 1 amide bonds. The number of methoxy groups -OCH3 is 3. The van der Waals surface area contributed by atoms with Crippen LogP contribution in [-0.2, 0) is 39.7 Å². The normalized spacial score (nSPS) is 12.5. The number of nitrogens with one attached hydrogen (secondary N) is 1. The molecule has 0 saturated carbocycles. The summed E-state index contributed by atoms with van der Waals surface area (Å²) >= 11 is 0. The Kier molecular flexibility index (Phi) is 14.2. The summed E-state index contributed by atoms with van der Waals surface area (Å²) in [4.78, 5) is 17.7. The average molecular weight is 914 g/mol. The maximum atomic E-state index is 15.9. The van der Waals surface area contributed by atoms with Crippen LogP contribution in [0.1, 0.15) is 44.4 Å². The van der Waals surface area contributed by atoms with Crippen molar-refractivity contribution < 1.29 is 40.9 Å². The third-order valence-electron chi connectivity index (χ3n) is 10.2. The SMILES string of the molecule is COc1ccc(CN(Cc2ccc(OC)cc2)S(=O)(=O)c2c(S(=O)(=O)NC[C@H](C)N(C(=O)O)C(C)(C)C)ccc(-c3ccc(N)nc3)c2-c2nnn(Cc3ccc(OC)cc3)n2)cc1. The standard InChI is InChI=1S/C44H51N9O9S2/c1-29(53(43(54)55)44(2,3)4)24-47-63(56,57)38-22-21-37(33-14-23-39(45)46-25-33)40(42-48-50-52(49-42)28-32-12-19-36(62-7)20-13-32)41(38)64(58,59)51(26-30-8-15-34(60-5)16-9-30)27-31-10-17-35(61-6)18-11-31/h8-23,25,29,47H,24,26-28H2,1-7H3,(H2,45,46)(H,54,55)/t29-/m0/s1. The Hall–Kier alpha value is -6.61. The number of nitrogens with zero attached hydrogens (tertiary/aromatic N) is 7. The molecule has 2 aromatic heterocycles. The van der Waals surface area contributed by atoms with E-state index < -0.39 is 54.1 Å². The highest BCUT2D eigenvalue weighted by Gasteiger charge is 2.39. The molecule has 0 fully saturated rings. The number of aromatic nitrogens is 5. The number of nitrogens with two attached hydrogens (primary N) is 1. The fraction of sp³-hybridized carbons (Fsp3) is 0.295. The molecule has 0 spiro atoms. The molecule has 6 aromatic rings. The van der Waals surface area contributed by atoms with Gasteiger partial charge in [0.15, 0.2) is 0 Å². The minimum atomic E-state index is -4.94. The minimum Gasteiger partial charge on any atom is -0.497 e. The number of carboxylic acid groups (broad SMARTS) is 1. The minimum absolute atomic E-state index is 0.115. The van der Waals surface area contributed by atoms with Gasteiger partial charge in [0.05, 0.1) is 33.4 Å². The predicted octanol–water partition coefficient (Wildman–Crippen LogP) is 5.89. The van der Waals surface area contributed by atoms with Crippen molar-refractivity contribution in [2.45, 2.75) is 68.7 Å². The van der Waals surface area contributed by atoms with E-state index in [1.807, 2.05) is 12.1 Å². The van der Waals surface area contributed by atoms with E-state index in [1.165, 1.54) is 43.4 Å². The molecule has 2 heterocycles. The molecule has 0 bridgehead atoms. The predicted molar refractivity (Wildman–Crippen MR) is 240 cm³/mol. The molecule has 0 aliphatic heterocycles. The van der Waals surface area contributed by atoms with E-state index in [-0.39, 0.29) is 42.4 Å². The molecule has 0 saturated heterocycles. The van der Waals surface area contributed by atoms with Crippen LogP contribution in [0, 0.1) is 0 Å². The lowest BCUT2D eigenvalue weighted by Gasteiger charge is -2.38. The van der Waals surface area contributed by atoms with Crippen LogP contribution in [0.2, 0.25) is 0 Å². The lowest BCUT2D eigenvalue weighted by molar-refractivity contribution is 0.0767. The second kappa shape index (κ2) is 19.4. The molecule has 64 heavy (non-hydrogen) atoms. The van der Waals surface area contributed by atoms with E-state index in [0.29, 0.717) is 33.9 Å². The zero-order chi connectivity index (χ0) is 46.4. The van der Waals surface area contributed by atoms with Crippen LogP contribution >= 0.6 is 0 Å². The zero-order valence-electron chi connectivity index (χ0n) is 36.5. The summed E-state index contributed by atoms with van der Waals surface area (Å²) in [6.07, 6.45) is 0.169. The van der Waals surface area contributed by atoms with Crippen molar-refractivity contribution in [3.63, 3.8) is 0 Å². The van der Waals surface area contributed by atoms with Gasteiger partial charge in [0.1, 0.15) is 32.9 Å². The molecule has 20 heteroatoms. The van der Waals surface area contributed by atoms with Gasteiger partial charge in [0.25, 0.3) is 0 Å². The highest BCUT2D eigenvalue weighted by Crippen LogP contribution is 2.41. The molecule has 0 aliphatic carbocycles. The molecular weight excluding hydrogens is 863 g/mol. The van der Waals surface area contributed by atoms with Crippen LogP contribution in [-0.4, -0.2) is 102 Å². The molecule has 0 aliphatic rings. The van der Waals surface area contributed by atoms with Gasteiger partial charge in [-0.1, -0.05) is 42.5 Å². The first-order valence-corrected chi connectivity index (χ1v) is 22.8. The monoisotopic (exact) mass is 913 g/mol. The van der Waals surface area contributed by atoms with Crippen LogP contribution in [0.3, 0.4) is 0 Å². The fourth-order valence-corrected chi connectivity index (χ4v) is 10.7. The van der Waals surface area contributed by atoms with Gasteiger partial charge in [-0.05, 0) is 110 Å². The van der Waals surface area contributed by atoms with Crippen LogP contribution in [0.4, 0.5) is 10.6 Å². The lowest BCUT2D eigenvalue weighted by Crippen LogP contribution is -2.53. The molecule has 1 atom stereocenters. The maximum absolute atomic E-state index is 15.9. The number of sulfonamides is 2. The van der Waals surface area contributed by atoms with Gasteiger partial charge in [-0.3, -0.25) is 4.90 Å². The Balaban J connectivity index is 1.61. The molecule has 0 radical (unpaired) electrons. The van der Waals surface area contributed by atoms with E-state index in [4.69, 9.17) is 19.9 Å². The highest BCUT2D eigenvalue weighted by molar-refractivity contribution is 7.92. The van der Waals surface area contributed by atoms with Crippen LogP contribution in [0.15, 0.2) is 113 Å². The van der Waals surface area contributed by atoms with Crippen molar-refractivity contribution >= 4 is 32.0 Å². The van der Waals surface area contributed by atoms with E-state index >= 15 is 8.42 Å². The summed E-state index contributed by atoms with van der Waals surface area (Å²) in [6.45, 7) is 5.89. The number of benzene rings is 4. The van der Waals surface area contributed by atoms with Crippen LogP contribution < -0.4 is 24.7 Å². The third kappa shape index (κ3) is 10.8. The van der Waals surface area contributed by atoms with Crippen molar-refractivity contribution in [2.75, 3.05) is 33.6 Å². The Bertz CT molecular complexity index is 2730. The Labute approximate surface area is 372 Å². The van der Waals surface area contributed by atoms with Crippen LogP contribution in [0.25, 0.3) is 22.5 Å². The van der Waals surface area contributed by atoms with Gasteiger partial charge in [0, 0.05) is 43.0 Å². The van der Waals surface area contributed by atoms with E-state index in [0.717, 1.165) is 14.8 Å². The molecule has 4 N–H and O–H groups in total. The Morgan fingerprint density at radius 2 is 1.33 bits per heavy atom. The summed E-state index contributed by atoms with van der Waals surface area (Å²) in [5.74, 6) is 1.71.